The molecule has 3 fully saturated rings. The second-order valence-electron chi connectivity index (χ2n) is 6.20. The van der Waals surface area contributed by atoms with Gasteiger partial charge in [0.1, 0.15) is 5.60 Å². The van der Waals surface area contributed by atoms with Crippen LogP contribution in [0.25, 0.3) is 0 Å². The summed E-state index contributed by atoms with van der Waals surface area (Å²) in [6.07, 6.45) is 11.2. The molecule has 2 saturated carbocycles. The minimum Gasteiger partial charge on any atom is -0.365 e. The van der Waals surface area contributed by atoms with Crippen LogP contribution in [0, 0.1) is 29.1 Å². The molecule has 1 heterocycles. The molecule has 1 saturated heterocycles. The van der Waals surface area contributed by atoms with Crippen molar-refractivity contribution in [3.8, 4) is 0 Å². The largest absolute Gasteiger partial charge is 0.365 e. The highest BCUT2D eigenvalue weighted by Gasteiger charge is 2.74. The third-order valence-electron chi connectivity index (χ3n) is 5.74. The van der Waals surface area contributed by atoms with E-state index in [-0.39, 0.29) is 11.5 Å². The molecule has 5 rings (SSSR count). The van der Waals surface area contributed by atoms with Crippen LogP contribution in [0.1, 0.15) is 12.8 Å². The maximum atomic E-state index is 12.1. The quantitative estimate of drug-likeness (QED) is 0.454. The molecule has 2 unspecified atom stereocenters. The number of allylic oxidation sites excluding steroid dienone is 3. The molecular formula is C14H14O2. The lowest BCUT2D eigenvalue weighted by atomic mass is 9.70. The van der Waals surface area contributed by atoms with Crippen molar-refractivity contribution in [3.05, 3.63) is 24.3 Å². The molecule has 0 N–H and O–H groups in total. The Labute approximate surface area is 94.4 Å². The first kappa shape index (κ1) is 8.24. The number of ether oxygens (including phenoxy) is 1. The zero-order valence-electron chi connectivity index (χ0n) is 9.06. The van der Waals surface area contributed by atoms with Crippen LogP contribution < -0.4 is 0 Å². The summed E-state index contributed by atoms with van der Waals surface area (Å²) in [4.78, 5) is 12.1. The van der Waals surface area contributed by atoms with Crippen molar-refractivity contribution in [2.75, 3.05) is 6.61 Å². The van der Waals surface area contributed by atoms with Crippen molar-refractivity contribution in [1.82, 2.24) is 0 Å². The van der Waals surface area contributed by atoms with Crippen molar-refractivity contribution in [1.29, 1.82) is 0 Å². The Hall–Kier alpha value is -0.890. The predicted octanol–water partition coefficient (Wildman–Crippen LogP) is 1.72. The number of carbonyl (C=O) groups excluding carboxylic acids is 1. The highest BCUT2D eigenvalue weighted by Crippen LogP contribution is 2.75. The summed E-state index contributed by atoms with van der Waals surface area (Å²) in [5.41, 5.74) is 0.439. The van der Waals surface area contributed by atoms with Gasteiger partial charge in [-0.15, -0.1) is 0 Å². The van der Waals surface area contributed by atoms with Crippen molar-refractivity contribution < 1.29 is 9.53 Å². The molecular weight excluding hydrogens is 200 g/mol. The van der Waals surface area contributed by atoms with E-state index in [4.69, 9.17) is 4.74 Å². The lowest BCUT2D eigenvalue weighted by molar-refractivity contribution is -0.121. The average molecular weight is 214 g/mol. The van der Waals surface area contributed by atoms with Gasteiger partial charge in [-0.3, -0.25) is 4.79 Å². The van der Waals surface area contributed by atoms with Gasteiger partial charge in [-0.25, -0.2) is 0 Å². The Morgan fingerprint density at radius 2 is 2.00 bits per heavy atom. The first-order chi connectivity index (χ1) is 7.77. The van der Waals surface area contributed by atoms with Crippen molar-refractivity contribution in [2.45, 2.75) is 18.4 Å². The minimum atomic E-state index is -0.0433. The van der Waals surface area contributed by atoms with E-state index >= 15 is 0 Å². The molecule has 4 aliphatic carbocycles. The van der Waals surface area contributed by atoms with Gasteiger partial charge in [0, 0.05) is 11.8 Å². The minimum absolute atomic E-state index is 0.0433. The molecule has 0 aromatic rings. The zero-order valence-corrected chi connectivity index (χ0v) is 9.06. The Balaban J connectivity index is 1.73. The third-order valence-corrected chi connectivity index (χ3v) is 5.74. The molecule has 5 aliphatic rings. The summed E-state index contributed by atoms with van der Waals surface area (Å²) >= 11 is 0. The number of rotatable bonds is 0. The van der Waals surface area contributed by atoms with Crippen LogP contribution in [-0.4, -0.2) is 18.0 Å². The molecule has 0 aromatic heterocycles. The van der Waals surface area contributed by atoms with Crippen LogP contribution in [0.4, 0.5) is 0 Å². The van der Waals surface area contributed by atoms with Gasteiger partial charge in [-0.1, -0.05) is 12.2 Å². The van der Waals surface area contributed by atoms with E-state index in [0.29, 0.717) is 29.0 Å². The summed E-state index contributed by atoms with van der Waals surface area (Å²) < 4.78 is 5.70. The standard InChI is InChI=1S/C14H14O2/c15-10-3-4-14(7-16-14)12-9-2-1-8(11(10)12)13(9)5-6-13/h1-4,8-9,11-12H,5-7H2/t8?,9?,11-,12-,14+/m0/s1. The number of fused-ring (bicyclic) bond motifs is 4. The van der Waals surface area contributed by atoms with Gasteiger partial charge in [-0.2, -0.15) is 0 Å². The average Bonchev–Trinajstić information content (AvgIpc) is 3.16. The topological polar surface area (TPSA) is 29.6 Å². The van der Waals surface area contributed by atoms with Gasteiger partial charge in [0.2, 0.25) is 0 Å². The van der Waals surface area contributed by atoms with Crippen LogP contribution in [0.15, 0.2) is 24.3 Å². The summed E-state index contributed by atoms with van der Waals surface area (Å²) in [7, 11) is 0. The van der Waals surface area contributed by atoms with Gasteiger partial charge in [0.25, 0.3) is 0 Å². The Bertz CT molecular complexity index is 465. The van der Waals surface area contributed by atoms with E-state index in [1.807, 2.05) is 6.08 Å². The predicted molar refractivity (Wildman–Crippen MR) is 57.6 cm³/mol. The summed E-state index contributed by atoms with van der Waals surface area (Å²) in [5, 5.41) is 0. The van der Waals surface area contributed by atoms with E-state index in [9.17, 15) is 4.79 Å². The smallest absolute Gasteiger partial charge is 0.159 e. The number of ketones is 1. The van der Waals surface area contributed by atoms with Crippen LogP contribution in [0.5, 0.6) is 0 Å². The van der Waals surface area contributed by atoms with Crippen LogP contribution in [0.2, 0.25) is 0 Å². The van der Waals surface area contributed by atoms with E-state index in [0.717, 1.165) is 6.61 Å². The normalized spacial score (nSPS) is 57.4. The molecule has 2 nitrogen and oxygen atoms in total. The first-order valence-corrected chi connectivity index (χ1v) is 6.32. The monoisotopic (exact) mass is 214 g/mol. The molecule has 1 aliphatic heterocycles. The number of epoxide rings is 1. The molecule has 2 spiro atoms. The fraction of sp³-hybridized carbons (Fsp3) is 0.643. The molecule has 2 heteroatoms. The van der Waals surface area contributed by atoms with Crippen molar-refractivity contribution >= 4 is 5.78 Å². The summed E-state index contributed by atoms with van der Waals surface area (Å²) in [6.45, 7) is 0.838. The van der Waals surface area contributed by atoms with Crippen molar-refractivity contribution in [3.63, 3.8) is 0 Å². The number of carbonyl (C=O) groups is 1. The van der Waals surface area contributed by atoms with E-state index in [1.165, 1.54) is 12.8 Å². The maximum Gasteiger partial charge on any atom is 0.159 e. The molecule has 5 atom stereocenters. The maximum absolute atomic E-state index is 12.1. The molecule has 0 amide bonds. The van der Waals surface area contributed by atoms with E-state index in [1.54, 1.807) is 6.08 Å². The van der Waals surface area contributed by atoms with Gasteiger partial charge < -0.3 is 4.74 Å². The lowest BCUT2D eigenvalue weighted by Gasteiger charge is -2.32. The van der Waals surface area contributed by atoms with Gasteiger partial charge >= 0.3 is 0 Å². The first-order valence-electron chi connectivity index (χ1n) is 6.32. The Kier molecular flexibility index (Phi) is 1.07. The molecule has 0 aromatic carbocycles. The van der Waals surface area contributed by atoms with E-state index < -0.39 is 0 Å². The van der Waals surface area contributed by atoms with Gasteiger partial charge in [0.15, 0.2) is 5.78 Å². The third kappa shape index (κ3) is 0.657. The van der Waals surface area contributed by atoms with Crippen LogP contribution in [-0.2, 0) is 9.53 Å². The Morgan fingerprint density at radius 3 is 2.69 bits per heavy atom. The highest BCUT2D eigenvalue weighted by atomic mass is 16.6. The van der Waals surface area contributed by atoms with Crippen molar-refractivity contribution in [2.24, 2.45) is 29.1 Å². The molecule has 2 bridgehead atoms. The fourth-order valence-corrected chi connectivity index (χ4v) is 4.84. The summed E-state index contributed by atoms with van der Waals surface area (Å²) in [6, 6.07) is 0. The highest BCUT2D eigenvalue weighted by molar-refractivity contribution is 5.95. The lowest BCUT2D eigenvalue weighted by Crippen LogP contribution is -2.39. The fourth-order valence-electron chi connectivity index (χ4n) is 4.84. The zero-order chi connectivity index (χ0) is 10.5. The number of hydrogen-bond donors (Lipinski definition) is 0. The SMILES string of the molecule is O=C1C=C[C@@]2(CO2)[C@H]2C3C=CC([C@@H]12)C31CC1. The van der Waals surface area contributed by atoms with Crippen LogP contribution in [0.3, 0.4) is 0 Å². The Morgan fingerprint density at radius 1 is 1.25 bits per heavy atom. The number of hydrogen-bond acceptors (Lipinski definition) is 2. The molecule has 0 radical (unpaired) electrons. The second kappa shape index (κ2) is 2.08. The molecule has 16 heavy (non-hydrogen) atoms. The molecule has 82 valence electrons. The van der Waals surface area contributed by atoms with Gasteiger partial charge in [0.05, 0.1) is 6.61 Å². The van der Waals surface area contributed by atoms with Gasteiger partial charge in [-0.05, 0) is 42.2 Å². The second-order valence-corrected chi connectivity index (χ2v) is 6.20. The summed E-state index contributed by atoms with van der Waals surface area (Å²) in [5.74, 6) is 2.21. The van der Waals surface area contributed by atoms with Crippen LogP contribution >= 0.6 is 0 Å². The van der Waals surface area contributed by atoms with E-state index in [2.05, 4.69) is 12.2 Å².